The van der Waals surface area contributed by atoms with Crippen molar-refractivity contribution in [1.82, 2.24) is 5.32 Å². The molecular weight excluding hydrogens is 248 g/mol. The van der Waals surface area contributed by atoms with E-state index in [4.69, 9.17) is 5.73 Å². The highest BCUT2D eigenvalue weighted by Gasteiger charge is 2.15. The molecule has 6 heteroatoms. The van der Waals surface area contributed by atoms with Crippen LogP contribution in [0.3, 0.4) is 0 Å². The summed E-state index contributed by atoms with van der Waals surface area (Å²) in [6.07, 6.45) is 2.15. The molecule has 0 fully saturated rings. The Morgan fingerprint density at radius 2 is 2.06 bits per heavy atom. The number of nitrogens with two attached hydrogens (primary N) is 1. The number of carbonyl (C=O) groups is 1. The fourth-order valence-electron chi connectivity index (χ4n) is 0.948. The first-order valence-corrected chi connectivity index (χ1v) is 6.58. The topological polar surface area (TPSA) is 75.4 Å². The van der Waals surface area contributed by atoms with Gasteiger partial charge in [0.25, 0.3) is 0 Å². The van der Waals surface area contributed by atoms with E-state index in [1.54, 1.807) is 11.8 Å². The Kier molecular flexibility index (Phi) is 11.7. The van der Waals surface area contributed by atoms with Crippen molar-refractivity contribution in [2.75, 3.05) is 18.6 Å². The minimum absolute atomic E-state index is 0. The molecule has 0 saturated carbocycles. The molecule has 0 aromatic heterocycles. The van der Waals surface area contributed by atoms with Gasteiger partial charge in [0.2, 0.25) is 5.91 Å². The van der Waals surface area contributed by atoms with Crippen molar-refractivity contribution in [2.45, 2.75) is 32.4 Å². The molecule has 0 aromatic rings. The molecule has 0 heterocycles. The van der Waals surface area contributed by atoms with E-state index in [2.05, 4.69) is 5.32 Å². The molecule has 2 atom stereocenters. The Hall–Kier alpha value is 0.0300. The van der Waals surface area contributed by atoms with Gasteiger partial charge in [-0.1, -0.05) is 13.8 Å². The van der Waals surface area contributed by atoms with E-state index in [0.29, 0.717) is 6.42 Å². The van der Waals surface area contributed by atoms with Crippen LogP contribution in [-0.4, -0.2) is 41.7 Å². The quantitative estimate of drug-likeness (QED) is 0.634. The largest absolute Gasteiger partial charge is 0.391 e. The number of amides is 1. The number of aliphatic hydroxyl groups excluding tert-OH is 1. The van der Waals surface area contributed by atoms with Crippen LogP contribution < -0.4 is 11.1 Å². The molecule has 4 N–H and O–H groups in total. The van der Waals surface area contributed by atoms with E-state index in [-0.39, 0.29) is 30.8 Å². The standard InChI is InChI=1S/C10H22N2O2S.ClH/c1-7(2)9(13)6-12-10(14)8(11)4-5-15-3;/h7-9,13H,4-6,11H2,1-3H3,(H,12,14);1H. The number of rotatable bonds is 7. The summed E-state index contributed by atoms with van der Waals surface area (Å²) in [6.45, 7) is 4.10. The third-order valence-corrected chi connectivity index (χ3v) is 2.87. The average molecular weight is 271 g/mol. The van der Waals surface area contributed by atoms with Gasteiger partial charge in [-0.2, -0.15) is 11.8 Å². The molecule has 0 radical (unpaired) electrons. The second-order valence-electron chi connectivity index (χ2n) is 3.94. The van der Waals surface area contributed by atoms with Gasteiger partial charge in [0.15, 0.2) is 0 Å². The minimum Gasteiger partial charge on any atom is -0.391 e. The van der Waals surface area contributed by atoms with Gasteiger partial charge in [-0.25, -0.2) is 0 Å². The monoisotopic (exact) mass is 270 g/mol. The van der Waals surface area contributed by atoms with Crippen LogP contribution in [0.4, 0.5) is 0 Å². The van der Waals surface area contributed by atoms with Gasteiger partial charge in [0.1, 0.15) is 0 Å². The first kappa shape index (κ1) is 18.4. The Labute approximate surface area is 108 Å². The number of carbonyl (C=O) groups excluding carboxylic acids is 1. The Bertz CT molecular complexity index is 194. The number of hydrogen-bond acceptors (Lipinski definition) is 4. The van der Waals surface area contributed by atoms with Crippen molar-refractivity contribution in [2.24, 2.45) is 11.7 Å². The lowest BCUT2D eigenvalue weighted by molar-refractivity contribution is -0.123. The summed E-state index contributed by atoms with van der Waals surface area (Å²) >= 11 is 1.67. The molecule has 0 aromatic carbocycles. The molecule has 0 saturated heterocycles. The molecule has 0 aliphatic carbocycles. The zero-order valence-electron chi connectivity index (χ0n) is 10.1. The SMILES string of the molecule is CSCCC(N)C(=O)NCC(O)C(C)C.Cl. The van der Waals surface area contributed by atoms with Crippen molar-refractivity contribution >= 4 is 30.1 Å². The molecule has 98 valence electrons. The summed E-state index contributed by atoms with van der Waals surface area (Å²) in [5, 5.41) is 12.1. The van der Waals surface area contributed by atoms with E-state index in [1.165, 1.54) is 0 Å². The van der Waals surface area contributed by atoms with Crippen LogP contribution in [0.1, 0.15) is 20.3 Å². The van der Waals surface area contributed by atoms with Gasteiger partial charge >= 0.3 is 0 Å². The summed E-state index contributed by atoms with van der Waals surface area (Å²) in [6, 6.07) is -0.461. The molecule has 4 nitrogen and oxygen atoms in total. The van der Waals surface area contributed by atoms with E-state index in [0.717, 1.165) is 5.75 Å². The summed E-state index contributed by atoms with van der Waals surface area (Å²) in [7, 11) is 0. The maximum Gasteiger partial charge on any atom is 0.237 e. The normalized spacial score (nSPS) is 14.1. The van der Waals surface area contributed by atoms with Crippen LogP contribution >= 0.6 is 24.2 Å². The molecule has 0 spiro atoms. The summed E-state index contributed by atoms with van der Waals surface area (Å²) < 4.78 is 0. The summed E-state index contributed by atoms with van der Waals surface area (Å²) in [4.78, 5) is 11.4. The smallest absolute Gasteiger partial charge is 0.237 e. The summed E-state index contributed by atoms with van der Waals surface area (Å²) in [5.74, 6) is 0.845. The zero-order valence-corrected chi connectivity index (χ0v) is 11.7. The van der Waals surface area contributed by atoms with Gasteiger partial charge in [0.05, 0.1) is 12.1 Å². The molecule has 0 aliphatic heterocycles. The van der Waals surface area contributed by atoms with Gasteiger partial charge in [0, 0.05) is 6.54 Å². The number of hydrogen-bond donors (Lipinski definition) is 3. The van der Waals surface area contributed by atoms with Gasteiger partial charge < -0.3 is 16.2 Å². The third kappa shape index (κ3) is 8.21. The maximum absolute atomic E-state index is 11.4. The Morgan fingerprint density at radius 3 is 2.50 bits per heavy atom. The van der Waals surface area contributed by atoms with E-state index < -0.39 is 12.1 Å². The molecular formula is C10H23ClN2O2S. The van der Waals surface area contributed by atoms with Crippen LogP contribution in [0.5, 0.6) is 0 Å². The molecule has 0 rings (SSSR count). The van der Waals surface area contributed by atoms with Crippen LogP contribution in [0.2, 0.25) is 0 Å². The fraction of sp³-hybridized carbons (Fsp3) is 0.900. The Balaban J connectivity index is 0. The van der Waals surface area contributed by atoms with E-state index in [9.17, 15) is 9.90 Å². The number of thioether (sulfide) groups is 1. The van der Waals surface area contributed by atoms with Gasteiger partial charge in [-0.3, -0.25) is 4.79 Å². The predicted molar refractivity (Wildman–Crippen MR) is 72.1 cm³/mol. The van der Waals surface area contributed by atoms with Crippen LogP contribution in [0, 0.1) is 5.92 Å². The molecule has 0 aliphatic rings. The lowest BCUT2D eigenvalue weighted by Gasteiger charge is -2.17. The summed E-state index contributed by atoms with van der Waals surface area (Å²) in [5.41, 5.74) is 5.66. The maximum atomic E-state index is 11.4. The van der Waals surface area contributed by atoms with Gasteiger partial charge in [-0.05, 0) is 24.3 Å². The van der Waals surface area contributed by atoms with Crippen LogP contribution in [-0.2, 0) is 4.79 Å². The lowest BCUT2D eigenvalue weighted by Crippen LogP contribution is -2.44. The second-order valence-corrected chi connectivity index (χ2v) is 4.93. The fourth-order valence-corrected chi connectivity index (χ4v) is 1.44. The highest BCUT2D eigenvalue weighted by molar-refractivity contribution is 7.98. The molecule has 0 bridgehead atoms. The first-order chi connectivity index (χ1) is 6.99. The van der Waals surface area contributed by atoms with Crippen molar-refractivity contribution in [3.63, 3.8) is 0 Å². The van der Waals surface area contributed by atoms with E-state index >= 15 is 0 Å². The lowest BCUT2D eigenvalue weighted by atomic mass is 10.1. The van der Waals surface area contributed by atoms with Crippen LogP contribution in [0.25, 0.3) is 0 Å². The van der Waals surface area contributed by atoms with Gasteiger partial charge in [-0.15, -0.1) is 12.4 Å². The van der Waals surface area contributed by atoms with Crippen molar-refractivity contribution in [1.29, 1.82) is 0 Å². The van der Waals surface area contributed by atoms with Crippen molar-refractivity contribution < 1.29 is 9.90 Å². The average Bonchev–Trinajstić information content (AvgIpc) is 2.21. The van der Waals surface area contributed by atoms with Crippen LogP contribution in [0.15, 0.2) is 0 Å². The predicted octanol–water partition coefficient (Wildman–Crippen LogP) is 0.622. The van der Waals surface area contributed by atoms with Crippen molar-refractivity contribution in [3.8, 4) is 0 Å². The van der Waals surface area contributed by atoms with E-state index in [1.807, 2.05) is 20.1 Å². The molecule has 16 heavy (non-hydrogen) atoms. The number of aliphatic hydroxyl groups is 1. The highest BCUT2D eigenvalue weighted by Crippen LogP contribution is 2.01. The third-order valence-electron chi connectivity index (χ3n) is 2.22. The zero-order chi connectivity index (χ0) is 11.8. The first-order valence-electron chi connectivity index (χ1n) is 5.19. The second kappa shape index (κ2) is 10.2. The molecule has 2 unspecified atom stereocenters. The minimum atomic E-state index is -0.498. The Morgan fingerprint density at radius 1 is 1.50 bits per heavy atom. The molecule has 1 amide bonds. The highest BCUT2D eigenvalue weighted by atomic mass is 35.5. The van der Waals surface area contributed by atoms with Crippen molar-refractivity contribution in [3.05, 3.63) is 0 Å². The number of nitrogens with one attached hydrogen (secondary N) is 1. The number of halogens is 1.